The van der Waals surface area contributed by atoms with Crippen molar-refractivity contribution < 1.29 is 26.4 Å². The second-order valence-corrected chi connectivity index (χ2v) is 11.1. The first kappa shape index (κ1) is 25.6. The number of likely N-dealkylation sites (N-methyl/N-ethyl adjacent to an activating group) is 2. The number of halogens is 4. The summed E-state index contributed by atoms with van der Waals surface area (Å²) in [6.45, 7) is 0.155. The van der Waals surface area contributed by atoms with Gasteiger partial charge in [-0.3, -0.25) is 4.79 Å². The van der Waals surface area contributed by atoms with Crippen LogP contribution in [0.25, 0.3) is 0 Å². The van der Waals surface area contributed by atoms with Gasteiger partial charge >= 0.3 is 6.18 Å². The van der Waals surface area contributed by atoms with Crippen LogP contribution in [0, 0.1) is 0 Å². The van der Waals surface area contributed by atoms with Crippen LogP contribution in [0.5, 0.6) is 0 Å². The maximum atomic E-state index is 13.0. The molecule has 0 N–H and O–H groups in total. The minimum Gasteiger partial charge on any atom is -0.336 e. The van der Waals surface area contributed by atoms with Gasteiger partial charge in [-0.15, -0.1) is 11.3 Å². The van der Waals surface area contributed by atoms with Crippen molar-refractivity contribution in [3.8, 4) is 0 Å². The minimum atomic E-state index is -4.50. The Morgan fingerprint density at radius 1 is 1.10 bits per heavy atom. The molecule has 0 atom stereocenters. The van der Waals surface area contributed by atoms with E-state index in [0.717, 1.165) is 27.8 Å². The fraction of sp³-hybridized carbons (Fsp3) is 0.421. The molecule has 2 rings (SSSR count). The van der Waals surface area contributed by atoms with Gasteiger partial charge in [0.2, 0.25) is 5.91 Å². The van der Waals surface area contributed by atoms with Crippen molar-refractivity contribution in [2.75, 3.05) is 40.8 Å². The van der Waals surface area contributed by atoms with Gasteiger partial charge in [-0.05, 0) is 43.9 Å². The molecule has 0 unspecified atom stereocenters. The summed E-state index contributed by atoms with van der Waals surface area (Å²) >= 11 is 6.69. The zero-order valence-electron chi connectivity index (χ0n) is 17.2. The zero-order valence-corrected chi connectivity index (χ0v) is 19.6. The largest absolute Gasteiger partial charge is 0.416 e. The molecular formula is C19H23ClF3N3O3S2. The lowest BCUT2D eigenvalue weighted by Crippen LogP contribution is -2.43. The highest BCUT2D eigenvalue weighted by Gasteiger charge is 2.31. The Labute approximate surface area is 188 Å². The number of alkyl halides is 3. The second kappa shape index (κ2) is 10.3. The van der Waals surface area contributed by atoms with E-state index in [4.69, 9.17) is 11.6 Å². The van der Waals surface area contributed by atoms with Crippen LogP contribution in [0.1, 0.15) is 11.1 Å². The van der Waals surface area contributed by atoms with Crippen LogP contribution in [0.15, 0.2) is 40.6 Å². The van der Waals surface area contributed by atoms with Crippen LogP contribution in [-0.4, -0.2) is 69.2 Å². The maximum Gasteiger partial charge on any atom is 0.416 e. The monoisotopic (exact) mass is 497 g/mol. The molecule has 1 aromatic heterocycles. The molecule has 0 saturated carbocycles. The molecular weight excluding hydrogens is 475 g/mol. The molecule has 172 valence electrons. The zero-order chi connectivity index (χ0) is 23.4. The molecule has 0 radical (unpaired) electrons. The van der Waals surface area contributed by atoms with E-state index in [1.165, 1.54) is 36.2 Å². The van der Waals surface area contributed by atoms with Gasteiger partial charge in [0.25, 0.3) is 10.0 Å². The molecule has 2 aromatic rings. The highest BCUT2D eigenvalue weighted by Crippen LogP contribution is 2.30. The summed E-state index contributed by atoms with van der Waals surface area (Å²) in [5, 5.41) is 0. The Kier molecular flexibility index (Phi) is 8.51. The first-order chi connectivity index (χ1) is 14.3. The van der Waals surface area contributed by atoms with Crippen molar-refractivity contribution in [1.82, 2.24) is 14.1 Å². The molecule has 1 amide bonds. The predicted octanol–water partition coefficient (Wildman–Crippen LogP) is 3.63. The summed E-state index contributed by atoms with van der Waals surface area (Å²) in [6, 6.07) is 7.54. The van der Waals surface area contributed by atoms with Crippen molar-refractivity contribution in [2.24, 2.45) is 0 Å². The lowest BCUT2D eigenvalue weighted by molar-refractivity contribution is -0.137. The molecule has 12 heteroatoms. The summed E-state index contributed by atoms with van der Waals surface area (Å²) in [5.74, 6) is -0.520. The van der Waals surface area contributed by atoms with Gasteiger partial charge in [0, 0.05) is 26.7 Å². The average molecular weight is 498 g/mol. The molecule has 0 fully saturated rings. The number of hydrogen-bond donors (Lipinski definition) is 0. The molecule has 0 spiro atoms. The van der Waals surface area contributed by atoms with E-state index in [1.807, 2.05) is 4.90 Å². The summed E-state index contributed by atoms with van der Waals surface area (Å²) in [6.07, 6.45) is -4.50. The molecule has 0 aliphatic carbocycles. The maximum absolute atomic E-state index is 13.0. The van der Waals surface area contributed by atoms with Crippen LogP contribution < -0.4 is 0 Å². The van der Waals surface area contributed by atoms with E-state index >= 15 is 0 Å². The van der Waals surface area contributed by atoms with E-state index < -0.39 is 34.2 Å². The summed E-state index contributed by atoms with van der Waals surface area (Å²) in [4.78, 5) is 16.1. The van der Waals surface area contributed by atoms with Gasteiger partial charge in [0.05, 0.1) is 16.4 Å². The fourth-order valence-electron chi connectivity index (χ4n) is 2.64. The quantitative estimate of drug-likeness (QED) is 0.531. The minimum absolute atomic E-state index is 0.00511. The van der Waals surface area contributed by atoms with Crippen LogP contribution in [0.2, 0.25) is 4.34 Å². The topological polar surface area (TPSA) is 60.9 Å². The summed E-state index contributed by atoms with van der Waals surface area (Å²) in [7, 11) is 0.948. The normalized spacial score (nSPS) is 12.5. The number of hydrogen-bond acceptors (Lipinski definition) is 5. The first-order valence-electron chi connectivity index (χ1n) is 9.11. The van der Waals surface area contributed by atoms with Crippen molar-refractivity contribution >= 4 is 38.9 Å². The highest BCUT2D eigenvalue weighted by molar-refractivity contribution is 7.91. The molecule has 1 heterocycles. The number of carbonyl (C=O) groups excluding carboxylic acids is 1. The number of rotatable bonds is 9. The van der Waals surface area contributed by atoms with E-state index in [1.54, 1.807) is 14.1 Å². The van der Waals surface area contributed by atoms with Crippen LogP contribution in [0.3, 0.4) is 0 Å². The van der Waals surface area contributed by atoms with E-state index in [2.05, 4.69) is 0 Å². The number of benzene rings is 1. The van der Waals surface area contributed by atoms with Crippen molar-refractivity contribution in [1.29, 1.82) is 0 Å². The molecule has 0 aliphatic rings. The van der Waals surface area contributed by atoms with Gasteiger partial charge < -0.3 is 9.80 Å². The van der Waals surface area contributed by atoms with E-state index in [0.29, 0.717) is 16.4 Å². The first-order valence-corrected chi connectivity index (χ1v) is 11.7. The third kappa shape index (κ3) is 7.18. The SMILES string of the molecule is CN(C)CCN(Cc1cccc(C(F)(F)F)c1)C(=O)CN(C)S(=O)(=O)c1ccc(Cl)s1. The van der Waals surface area contributed by atoms with Gasteiger partial charge in [-0.2, -0.15) is 17.5 Å². The Bertz CT molecular complexity index is 1010. The standard InChI is InChI=1S/C19H23ClF3N3O3S2/c1-24(2)9-10-26(12-14-5-4-6-15(11-14)19(21,22)23)17(27)13-25(3)31(28,29)18-8-7-16(20)30-18/h4-8,11H,9-10,12-13H2,1-3H3. The third-order valence-electron chi connectivity index (χ3n) is 4.37. The summed E-state index contributed by atoms with van der Waals surface area (Å²) < 4.78 is 65.6. The number of thiophene rings is 1. The number of amides is 1. The molecule has 31 heavy (non-hydrogen) atoms. The third-order valence-corrected chi connectivity index (χ3v) is 7.87. The molecule has 0 bridgehead atoms. The van der Waals surface area contributed by atoms with Crippen LogP contribution in [-0.2, 0) is 27.5 Å². The van der Waals surface area contributed by atoms with Crippen LogP contribution in [0.4, 0.5) is 13.2 Å². The Morgan fingerprint density at radius 2 is 1.77 bits per heavy atom. The van der Waals surface area contributed by atoms with E-state index in [-0.39, 0.29) is 17.3 Å². The Hall–Kier alpha value is -1.66. The number of nitrogens with zero attached hydrogens (tertiary/aromatic N) is 3. The van der Waals surface area contributed by atoms with Crippen molar-refractivity contribution in [3.63, 3.8) is 0 Å². The lowest BCUT2D eigenvalue weighted by atomic mass is 10.1. The molecule has 0 saturated heterocycles. The van der Waals surface area contributed by atoms with Crippen LogP contribution >= 0.6 is 22.9 Å². The Morgan fingerprint density at radius 3 is 2.32 bits per heavy atom. The van der Waals surface area contributed by atoms with Gasteiger partial charge in [0.1, 0.15) is 4.21 Å². The van der Waals surface area contributed by atoms with Crippen molar-refractivity contribution in [3.05, 3.63) is 51.9 Å². The van der Waals surface area contributed by atoms with Gasteiger partial charge in [-0.1, -0.05) is 23.7 Å². The molecule has 6 nitrogen and oxygen atoms in total. The molecule has 1 aromatic carbocycles. The lowest BCUT2D eigenvalue weighted by Gasteiger charge is -2.27. The molecule has 0 aliphatic heterocycles. The smallest absolute Gasteiger partial charge is 0.336 e. The number of sulfonamides is 1. The van der Waals surface area contributed by atoms with Gasteiger partial charge in [0.15, 0.2) is 0 Å². The van der Waals surface area contributed by atoms with Gasteiger partial charge in [-0.25, -0.2) is 8.42 Å². The predicted molar refractivity (Wildman–Crippen MR) is 115 cm³/mol. The summed E-state index contributed by atoms with van der Waals surface area (Å²) in [5.41, 5.74) is -0.503. The van der Waals surface area contributed by atoms with E-state index in [9.17, 15) is 26.4 Å². The Balaban J connectivity index is 2.20. The van der Waals surface area contributed by atoms with Crippen molar-refractivity contribution in [2.45, 2.75) is 16.9 Å². The number of carbonyl (C=O) groups is 1. The second-order valence-electron chi connectivity index (χ2n) is 7.14. The highest BCUT2D eigenvalue weighted by atomic mass is 35.5. The fourth-order valence-corrected chi connectivity index (χ4v) is 5.46. The average Bonchev–Trinajstić information content (AvgIpc) is 3.11.